The predicted octanol–water partition coefficient (Wildman–Crippen LogP) is 3.74. The van der Waals surface area contributed by atoms with E-state index in [4.69, 9.17) is 16.3 Å². The van der Waals surface area contributed by atoms with Crippen LogP contribution in [-0.2, 0) is 9.53 Å². The SMILES string of the molecule is O=C(/C=C/c1ccc(Cl)s1)NC[C@H](c1ccc(F)cc1)N1CCOCC1. The Morgan fingerprint density at radius 1 is 1.27 bits per heavy atom. The number of carbonyl (C=O) groups excluding carboxylic acids is 1. The van der Waals surface area contributed by atoms with Gasteiger partial charge in [-0.2, -0.15) is 0 Å². The van der Waals surface area contributed by atoms with Gasteiger partial charge in [-0.1, -0.05) is 23.7 Å². The van der Waals surface area contributed by atoms with Gasteiger partial charge >= 0.3 is 0 Å². The summed E-state index contributed by atoms with van der Waals surface area (Å²) in [6, 6.07) is 10.1. The van der Waals surface area contributed by atoms with Crippen LogP contribution in [0.15, 0.2) is 42.5 Å². The van der Waals surface area contributed by atoms with E-state index in [1.54, 1.807) is 24.3 Å². The van der Waals surface area contributed by atoms with Crippen molar-refractivity contribution in [1.29, 1.82) is 0 Å². The monoisotopic (exact) mass is 394 g/mol. The zero-order valence-corrected chi connectivity index (χ0v) is 15.7. The molecule has 138 valence electrons. The minimum atomic E-state index is -0.268. The second kappa shape index (κ2) is 9.28. The van der Waals surface area contributed by atoms with Gasteiger partial charge in [-0.25, -0.2) is 4.39 Å². The van der Waals surface area contributed by atoms with E-state index < -0.39 is 0 Å². The zero-order valence-electron chi connectivity index (χ0n) is 14.2. The Labute approximate surface area is 161 Å². The molecule has 0 spiro atoms. The van der Waals surface area contributed by atoms with Gasteiger partial charge in [0.1, 0.15) is 5.82 Å². The van der Waals surface area contributed by atoms with Gasteiger partial charge in [0.05, 0.1) is 23.6 Å². The summed E-state index contributed by atoms with van der Waals surface area (Å²) < 4.78 is 19.3. The van der Waals surface area contributed by atoms with E-state index in [0.717, 1.165) is 23.5 Å². The van der Waals surface area contributed by atoms with Gasteiger partial charge in [0.15, 0.2) is 0 Å². The topological polar surface area (TPSA) is 41.6 Å². The van der Waals surface area contributed by atoms with Gasteiger partial charge in [0, 0.05) is 30.6 Å². The number of morpholine rings is 1. The van der Waals surface area contributed by atoms with Crippen LogP contribution < -0.4 is 5.32 Å². The molecule has 3 rings (SSSR count). The predicted molar refractivity (Wildman–Crippen MR) is 103 cm³/mol. The molecule has 0 saturated carbocycles. The number of halogens is 2. The zero-order chi connectivity index (χ0) is 18.4. The van der Waals surface area contributed by atoms with E-state index in [1.807, 2.05) is 6.07 Å². The molecule has 1 fully saturated rings. The molecular formula is C19H20ClFN2O2S. The third-order valence-electron chi connectivity index (χ3n) is 4.20. The fourth-order valence-corrected chi connectivity index (χ4v) is 3.83. The quantitative estimate of drug-likeness (QED) is 0.759. The molecule has 2 aromatic rings. The molecular weight excluding hydrogens is 375 g/mol. The van der Waals surface area contributed by atoms with Crippen LogP contribution in [0.4, 0.5) is 4.39 Å². The van der Waals surface area contributed by atoms with Crippen molar-refractivity contribution in [3.63, 3.8) is 0 Å². The maximum absolute atomic E-state index is 13.2. The first-order valence-corrected chi connectivity index (χ1v) is 9.60. The Hall–Kier alpha value is -1.73. The van der Waals surface area contributed by atoms with Crippen molar-refractivity contribution in [3.8, 4) is 0 Å². The highest BCUT2D eigenvalue weighted by molar-refractivity contribution is 7.17. The highest BCUT2D eigenvalue weighted by Crippen LogP contribution is 2.23. The third kappa shape index (κ3) is 5.38. The number of rotatable bonds is 6. The second-order valence-corrected chi connectivity index (χ2v) is 7.68. The van der Waals surface area contributed by atoms with Crippen LogP contribution in [-0.4, -0.2) is 43.7 Å². The molecule has 4 nitrogen and oxygen atoms in total. The van der Waals surface area contributed by atoms with E-state index in [-0.39, 0.29) is 17.8 Å². The summed E-state index contributed by atoms with van der Waals surface area (Å²) >= 11 is 7.30. The van der Waals surface area contributed by atoms with Crippen LogP contribution in [0.1, 0.15) is 16.5 Å². The molecule has 1 N–H and O–H groups in total. The summed E-state index contributed by atoms with van der Waals surface area (Å²) in [6.45, 7) is 3.32. The summed E-state index contributed by atoms with van der Waals surface area (Å²) in [4.78, 5) is 15.3. The summed E-state index contributed by atoms with van der Waals surface area (Å²) in [5, 5.41) is 2.94. The lowest BCUT2D eigenvalue weighted by molar-refractivity contribution is -0.116. The molecule has 0 aliphatic carbocycles. The Morgan fingerprint density at radius 2 is 2.00 bits per heavy atom. The molecule has 1 aromatic carbocycles. The molecule has 1 saturated heterocycles. The fraction of sp³-hybridized carbons (Fsp3) is 0.316. The number of hydrogen-bond donors (Lipinski definition) is 1. The maximum Gasteiger partial charge on any atom is 0.244 e. The summed E-state index contributed by atoms with van der Waals surface area (Å²) in [7, 11) is 0. The van der Waals surface area contributed by atoms with Crippen molar-refractivity contribution < 1.29 is 13.9 Å². The number of carbonyl (C=O) groups is 1. The van der Waals surface area contributed by atoms with Crippen LogP contribution in [0, 0.1) is 5.82 Å². The summed E-state index contributed by atoms with van der Waals surface area (Å²) in [5.74, 6) is -0.439. The highest BCUT2D eigenvalue weighted by atomic mass is 35.5. The van der Waals surface area contributed by atoms with Gasteiger partial charge in [-0.3, -0.25) is 9.69 Å². The molecule has 1 aliphatic heterocycles. The van der Waals surface area contributed by atoms with Crippen LogP contribution in [0.3, 0.4) is 0 Å². The fourth-order valence-electron chi connectivity index (χ4n) is 2.86. The van der Waals surface area contributed by atoms with Crippen molar-refractivity contribution >= 4 is 34.9 Å². The molecule has 0 unspecified atom stereocenters. The number of benzene rings is 1. The van der Waals surface area contributed by atoms with E-state index >= 15 is 0 Å². The Balaban J connectivity index is 1.64. The van der Waals surface area contributed by atoms with Crippen LogP contribution in [0.5, 0.6) is 0 Å². The van der Waals surface area contributed by atoms with Gasteiger partial charge in [-0.15, -0.1) is 11.3 Å². The van der Waals surface area contributed by atoms with Crippen molar-refractivity contribution in [2.24, 2.45) is 0 Å². The molecule has 26 heavy (non-hydrogen) atoms. The van der Waals surface area contributed by atoms with E-state index in [1.165, 1.54) is 29.5 Å². The Bertz CT molecular complexity index is 757. The number of thiophene rings is 1. The lowest BCUT2D eigenvalue weighted by Gasteiger charge is -2.34. The van der Waals surface area contributed by atoms with Gasteiger partial charge in [0.25, 0.3) is 0 Å². The average Bonchev–Trinajstić information content (AvgIpc) is 3.08. The number of ether oxygens (including phenoxy) is 1. The van der Waals surface area contributed by atoms with Crippen LogP contribution in [0.25, 0.3) is 6.08 Å². The molecule has 7 heteroatoms. The minimum absolute atomic E-state index is 0.0203. The molecule has 0 radical (unpaired) electrons. The van der Waals surface area contributed by atoms with Gasteiger partial charge in [0.2, 0.25) is 5.91 Å². The van der Waals surface area contributed by atoms with Gasteiger partial charge < -0.3 is 10.1 Å². The average molecular weight is 395 g/mol. The van der Waals surface area contributed by atoms with Gasteiger partial charge in [-0.05, 0) is 35.9 Å². The molecule has 1 aliphatic rings. The molecule has 1 aromatic heterocycles. The normalized spacial score (nSPS) is 16.7. The second-order valence-electron chi connectivity index (χ2n) is 5.94. The minimum Gasteiger partial charge on any atom is -0.379 e. The Morgan fingerprint density at radius 3 is 2.65 bits per heavy atom. The summed E-state index contributed by atoms with van der Waals surface area (Å²) in [6.07, 6.45) is 3.25. The lowest BCUT2D eigenvalue weighted by Crippen LogP contribution is -2.43. The number of hydrogen-bond acceptors (Lipinski definition) is 4. The third-order valence-corrected chi connectivity index (χ3v) is 5.40. The van der Waals surface area contributed by atoms with Crippen molar-refractivity contribution in [2.75, 3.05) is 32.8 Å². The van der Waals surface area contributed by atoms with E-state index in [9.17, 15) is 9.18 Å². The smallest absolute Gasteiger partial charge is 0.244 e. The van der Waals surface area contributed by atoms with E-state index in [0.29, 0.717) is 24.1 Å². The number of amides is 1. The van der Waals surface area contributed by atoms with Crippen molar-refractivity contribution in [3.05, 3.63) is 63.1 Å². The highest BCUT2D eigenvalue weighted by Gasteiger charge is 2.23. The first kappa shape index (κ1) is 19.0. The molecule has 0 bridgehead atoms. The first-order valence-electron chi connectivity index (χ1n) is 8.40. The molecule has 1 atom stereocenters. The van der Waals surface area contributed by atoms with Crippen molar-refractivity contribution in [2.45, 2.75) is 6.04 Å². The van der Waals surface area contributed by atoms with Crippen molar-refractivity contribution in [1.82, 2.24) is 10.2 Å². The first-order chi connectivity index (χ1) is 12.6. The lowest BCUT2D eigenvalue weighted by atomic mass is 10.0. The van der Waals surface area contributed by atoms with E-state index in [2.05, 4.69) is 10.2 Å². The largest absolute Gasteiger partial charge is 0.379 e. The van der Waals surface area contributed by atoms with Crippen LogP contribution >= 0.6 is 22.9 Å². The molecule has 2 heterocycles. The van der Waals surface area contributed by atoms with Crippen LogP contribution in [0.2, 0.25) is 4.34 Å². The maximum atomic E-state index is 13.2. The number of nitrogens with one attached hydrogen (secondary N) is 1. The standard InChI is InChI=1S/C19H20ClFN2O2S/c20-18-7-5-16(26-18)6-8-19(24)22-13-17(23-9-11-25-12-10-23)14-1-3-15(21)4-2-14/h1-8,17H,9-13H2,(H,22,24)/b8-6+/t17-/m1/s1. The summed E-state index contributed by atoms with van der Waals surface area (Å²) in [5.41, 5.74) is 0.975. The Kier molecular flexibility index (Phi) is 6.80. The molecule has 1 amide bonds. The number of nitrogens with zero attached hydrogens (tertiary/aromatic N) is 1.